The minimum atomic E-state index is -0.576. The lowest BCUT2D eigenvalue weighted by Crippen LogP contribution is -2.44. The van der Waals surface area contributed by atoms with E-state index in [1.807, 2.05) is 25.2 Å². The number of ether oxygens (including phenoxy) is 4. The molecule has 0 bridgehead atoms. The van der Waals surface area contributed by atoms with E-state index in [0.29, 0.717) is 106 Å². The highest BCUT2D eigenvalue weighted by molar-refractivity contribution is 6.08. The van der Waals surface area contributed by atoms with E-state index < -0.39 is 11.8 Å². The molecule has 1 aromatic heterocycles. The highest BCUT2D eigenvalue weighted by Gasteiger charge is 2.18. The van der Waals surface area contributed by atoms with Crippen LogP contribution in [0.25, 0.3) is 11.3 Å². The zero-order chi connectivity index (χ0) is 43.1. The first-order valence-electron chi connectivity index (χ1n) is 20.6. The number of pyridine rings is 1. The molecule has 0 atom stereocenters. The first-order valence-corrected chi connectivity index (χ1v) is 20.6. The third-order valence-electron chi connectivity index (χ3n) is 9.95. The molecule has 1 aliphatic rings. The summed E-state index contributed by atoms with van der Waals surface area (Å²) in [6.45, 7) is 15.2. The second kappa shape index (κ2) is 26.1. The van der Waals surface area contributed by atoms with Gasteiger partial charge in [-0.25, -0.2) is 4.79 Å². The van der Waals surface area contributed by atoms with Gasteiger partial charge in [0.25, 0.3) is 11.8 Å². The molecule has 0 saturated carbocycles. The zero-order valence-electron chi connectivity index (χ0n) is 35.6. The molecule has 0 aliphatic carbocycles. The third-order valence-corrected chi connectivity index (χ3v) is 9.95. The topological polar surface area (TPSA) is 193 Å². The SMILES string of the molecule is CCN(CC)c1ccc(NC(=O)c2cccc(C(=O)N(C)CCN(C)CCOCCOCCOCCNC(=O)NCCN3CCOCC3)c2)c(-c2cc(C(N)=O)ccn2)c1. The van der Waals surface area contributed by atoms with Gasteiger partial charge in [0.05, 0.1) is 64.2 Å². The Balaban J connectivity index is 1.11. The van der Waals surface area contributed by atoms with Crippen molar-refractivity contribution >= 4 is 35.1 Å². The number of nitrogens with two attached hydrogens (primary N) is 1. The molecule has 60 heavy (non-hydrogen) atoms. The average Bonchev–Trinajstić information content (AvgIpc) is 3.26. The Hall–Kier alpha value is -5.17. The maximum atomic E-state index is 13.6. The van der Waals surface area contributed by atoms with Gasteiger partial charge in [-0.1, -0.05) is 6.07 Å². The van der Waals surface area contributed by atoms with E-state index in [4.69, 9.17) is 24.7 Å². The number of rotatable bonds is 26. The second-order valence-electron chi connectivity index (χ2n) is 14.2. The maximum Gasteiger partial charge on any atom is 0.314 e. The maximum absolute atomic E-state index is 13.6. The third kappa shape index (κ3) is 16.1. The van der Waals surface area contributed by atoms with Crippen LogP contribution in [-0.2, 0) is 18.9 Å². The van der Waals surface area contributed by atoms with E-state index in [2.05, 4.69) is 49.5 Å². The van der Waals surface area contributed by atoms with Gasteiger partial charge < -0.3 is 55.3 Å². The number of likely N-dealkylation sites (N-methyl/N-ethyl adjacent to an activating group) is 2. The lowest BCUT2D eigenvalue weighted by atomic mass is 10.0. The van der Waals surface area contributed by atoms with E-state index in [9.17, 15) is 19.2 Å². The van der Waals surface area contributed by atoms with Crippen LogP contribution in [0.5, 0.6) is 0 Å². The standard InChI is InChI=1S/C43H63N9O8/c1-5-52(6-2)36-10-11-38(37(32-36)39-31-33(40(44)53)12-13-45-39)48-41(54)34-8-7-9-35(30-34)42(55)50(4)18-17-49(3)19-23-59-27-29-60-28-26-57-22-15-47-43(56)46-14-16-51-20-24-58-25-21-51/h7-13,30-32H,5-6,14-29H2,1-4H3,(H2,44,53)(H,48,54)(H2,46,47,56). The summed E-state index contributed by atoms with van der Waals surface area (Å²) in [6, 6.07) is 15.3. The Morgan fingerprint density at radius 2 is 1.47 bits per heavy atom. The molecular weight excluding hydrogens is 771 g/mol. The van der Waals surface area contributed by atoms with Crippen LogP contribution in [0.1, 0.15) is 44.9 Å². The van der Waals surface area contributed by atoms with Gasteiger partial charge in [-0.3, -0.25) is 24.3 Å². The lowest BCUT2D eigenvalue weighted by Gasteiger charge is -2.26. The predicted octanol–water partition coefficient (Wildman–Crippen LogP) is 2.63. The zero-order valence-corrected chi connectivity index (χ0v) is 35.6. The Labute approximate surface area is 353 Å². The number of aromatic nitrogens is 1. The summed E-state index contributed by atoms with van der Waals surface area (Å²) in [7, 11) is 3.70. The molecule has 2 heterocycles. The van der Waals surface area contributed by atoms with Crippen molar-refractivity contribution in [2.24, 2.45) is 5.73 Å². The number of morpholine rings is 1. The Bertz CT molecular complexity index is 1810. The molecule has 328 valence electrons. The van der Waals surface area contributed by atoms with Gasteiger partial charge in [-0.2, -0.15) is 0 Å². The minimum absolute atomic E-state index is 0.202. The fourth-order valence-electron chi connectivity index (χ4n) is 6.33. The number of anilines is 2. The second-order valence-corrected chi connectivity index (χ2v) is 14.2. The number of nitrogens with one attached hydrogen (secondary N) is 3. The fourth-order valence-corrected chi connectivity index (χ4v) is 6.33. The summed E-state index contributed by atoms with van der Waals surface area (Å²) < 4.78 is 22.1. The monoisotopic (exact) mass is 833 g/mol. The van der Waals surface area contributed by atoms with Crippen molar-refractivity contribution in [1.82, 2.24) is 30.3 Å². The van der Waals surface area contributed by atoms with E-state index in [0.717, 1.165) is 51.6 Å². The van der Waals surface area contributed by atoms with Crippen LogP contribution < -0.4 is 26.6 Å². The number of carbonyl (C=O) groups excluding carboxylic acids is 4. The van der Waals surface area contributed by atoms with Crippen LogP contribution in [0, 0.1) is 0 Å². The molecule has 5 N–H and O–H groups in total. The van der Waals surface area contributed by atoms with Crippen molar-refractivity contribution < 1.29 is 38.1 Å². The van der Waals surface area contributed by atoms with Crippen LogP contribution in [0.3, 0.4) is 0 Å². The van der Waals surface area contributed by atoms with Crippen molar-refractivity contribution in [1.29, 1.82) is 0 Å². The van der Waals surface area contributed by atoms with Gasteiger partial charge in [-0.15, -0.1) is 0 Å². The molecule has 0 unspecified atom stereocenters. The number of hydrogen-bond acceptors (Lipinski definition) is 12. The van der Waals surface area contributed by atoms with Gasteiger partial charge >= 0.3 is 6.03 Å². The molecule has 3 aromatic rings. The summed E-state index contributed by atoms with van der Waals surface area (Å²) in [5.74, 6) is -1.17. The van der Waals surface area contributed by atoms with E-state index >= 15 is 0 Å². The highest BCUT2D eigenvalue weighted by Crippen LogP contribution is 2.32. The summed E-state index contributed by atoms with van der Waals surface area (Å²) in [6.07, 6.45) is 1.51. The first-order chi connectivity index (χ1) is 29.1. The summed E-state index contributed by atoms with van der Waals surface area (Å²) in [5.41, 5.74) is 9.13. The van der Waals surface area contributed by atoms with Crippen LogP contribution in [-0.4, -0.2) is 176 Å². The van der Waals surface area contributed by atoms with E-state index in [1.54, 1.807) is 48.3 Å². The predicted molar refractivity (Wildman–Crippen MR) is 232 cm³/mol. The summed E-state index contributed by atoms with van der Waals surface area (Å²) >= 11 is 0. The fraction of sp³-hybridized carbons (Fsp3) is 0.512. The molecule has 17 nitrogen and oxygen atoms in total. The van der Waals surface area contributed by atoms with Crippen LogP contribution in [0.4, 0.5) is 16.2 Å². The molecule has 5 amide bonds. The van der Waals surface area contributed by atoms with E-state index in [-0.39, 0.29) is 11.9 Å². The number of carbonyl (C=O) groups is 4. The number of hydrogen-bond donors (Lipinski definition) is 4. The molecule has 0 spiro atoms. The smallest absolute Gasteiger partial charge is 0.314 e. The van der Waals surface area contributed by atoms with Crippen LogP contribution >= 0.6 is 0 Å². The molecule has 0 radical (unpaired) electrons. The molecule has 1 saturated heterocycles. The molecule has 2 aromatic carbocycles. The Morgan fingerprint density at radius 1 is 0.783 bits per heavy atom. The van der Waals surface area contributed by atoms with Crippen molar-refractivity contribution in [3.63, 3.8) is 0 Å². The Kier molecular flexibility index (Phi) is 20.7. The van der Waals surface area contributed by atoms with Crippen LogP contribution in [0.15, 0.2) is 60.8 Å². The molecule has 1 fully saturated rings. The lowest BCUT2D eigenvalue weighted by molar-refractivity contribution is 0.0121. The normalized spacial score (nSPS) is 12.9. The summed E-state index contributed by atoms with van der Waals surface area (Å²) in [4.78, 5) is 63.4. The van der Waals surface area contributed by atoms with Crippen LogP contribution in [0.2, 0.25) is 0 Å². The first kappa shape index (κ1) is 47.5. The molecular formula is C43H63N9O8. The number of urea groups is 1. The molecule has 17 heteroatoms. The van der Waals surface area contributed by atoms with Gasteiger partial charge in [-0.05, 0) is 69.4 Å². The van der Waals surface area contributed by atoms with Gasteiger partial charge in [0.15, 0.2) is 0 Å². The largest absolute Gasteiger partial charge is 0.379 e. The molecule has 1 aliphatic heterocycles. The van der Waals surface area contributed by atoms with Gasteiger partial charge in [0.1, 0.15) is 0 Å². The molecule has 4 rings (SSSR count). The van der Waals surface area contributed by atoms with Crippen molar-refractivity contribution in [3.8, 4) is 11.3 Å². The number of benzene rings is 2. The van der Waals surface area contributed by atoms with Gasteiger partial charge in [0, 0.05) is 107 Å². The number of primary amides is 1. The van der Waals surface area contributed by atoms with Gasteiger partial charge in [0.2, 0.25) is 5.91 Å². The Morgan fingerprint density at radius 3 is 2.18 bits per heavy atom. The number of nitrogens with zero attached hydrogens (tertiary/aromatic N) is 5. The van der Waals surface area contributed by atoms with Crippen molar-refractivity contribution in [2.45, 2.75) is 13.8 Å². The van der Waals surface area contributed by atoms with Crippen molar-refractivity contribution in [2.75, 3.05) is 143 Å². The van der Waals surface area contributed by atoms with E-state index in [1.165, 1.54) is 6.20 Å². The summed E-state index contributed by atoms with van der Waals surface area (Å²) in [5, 5.41) is 8.62. The quantitative estimate of drug-likeness (QED) is 0.0867. The minimum Gasteiger partial charge on any atom is -0.379 e. The average molecular weight is 834 g/mol. The van der Waals surface area contributed by atoms with Crippen molar-refractivity contribution in [3.05, 3.63) is 77.5 Å². The number of amides is 5. The highest BCUT2D eigenvalue weighted by atomic mass is 16.5.